The molecule has 0 spiro atoms. The van der Waals surface area contributed by atoms with Gasteiger partial charge in [-0.25, -0.2) is 4.98 Å². The van der Waals surface area contributed by atoms with E-state index in [1.54, 1.807) is 6.07 Å². The summed E-state index contributed by atoms with van der Waals surface area (Å²) in [4.78, 5) is 18.6. The van der Waals surface area contributed by atoms with Crippen LogP contribution in [0.4, 0.5) is 5.82 Å². The fraction of sp³-hybridized carbons (Fsp3) is 0.571. The molecule has 1 aromatic heterocycles. The van der Waals surface area contributed by atoms with Gasteiger partial charge in [0.05, 0.1) is 0 Å². The van der Waals surface area contributed by atoms with E-state index >= 15 is 0 Å². The van der Waals surface area contributed by atoms with E-state index in [-0.39, 0.29) is 5.91 Å². The third-order valence-electron chi connectivity index (χ3n) is 3.22. The Balaban J connectivity index is 2.16. The summed E-state index contributed by atoms with van der Waals surface area (Å²) in [6.07, 6.45) is 4.43. The van der Waals surface area contributed by atoms with E-state index in [4.69, 9.17) is 5.73 Å². The molecular weight excluding hydrogens is 226 g/mol. The number of nitrogen functional groups attached to an aromatic ring is 1. The second-order valence-corrected chi connectivity index (χ2v) is 5.01. The van der Waals surface area contributed by atoms with Crippen molar-refractivity contribution in [2.24, 2.45) is 0 Å². The van der Waals surface area contributed by atoms with E-state index in [1.165, 1.54) is 0 Å². The van der Waals surface area contributed by atoms with Crippen molar-refractivity contribution in [2.75, 3.05) is 12.3 Å². The normalized spacial score (nSPS) is 14.6. The molecule has 4 nitrogen and oxygen atoms in total. The first-order valence-electron chi connectivity index (χ1n) is 6.67. The molecule has 1 aromatic rings. The smallest absolute Gasteiger partial charge is 0.254 e. The first kappa shape index (κ1) is 12.9. The third kappa shape index (κ3) is 3.00. The number of carbonyl (C=O) groups excluding carboxylic acids is 1. The fourth-order valence-electron chi connectivity index (χ4n) is 2.15. The van der Waals surface area contributed by atoms with Crippen LogP contribution < -0.4 is 5.73 Å². The molecule has 4 heteroatoms. The molecule has 0 aromatic carbocycles. The lowest BCUT2D eigenvalue weighted by Crippen LogP contribution is -2.34. The zero-order valence-electron chi connectivity index (χ0n) is 11.1. The highest BCUT2D eigenvalue weighted by Crippen LogP contribution is 2.28. The number of carbonyl (C=O) groups is 1. The average Bonchev–Trinajstić information content (AvgIpc) is 3.12. The molecular formula is C14H21N3O. The highest BCUT2D eigenvalue weighted by atomic mass is 16.2. The number of anilines is 1. The summed E-state index contributed by atoms with van der Waals surface area (Å²) in [7, 11) is 0. The maximum Gasteiger partial charge on any atom is 0.254 e. The van der Waals surface area contributed by atoms with Crippen molar-refractivity contribution in [2.45, 2.75) is 45.6 Å². The van der Waals surface area contributed by atoms with Crippen LogP contribution in [-0.4, -0.2) is 28.4 Å². The molecule has 2 N–H and O–H groups in total. The number of aromatic nitrogens is 1. The minimum Gasteiger partial charge on any atom is -0.384 e. The van der Waals surface area contributed by atoms with Gasteiger partial charge in [-0.3, -0.25) is 4.79 Å². The molecule has 1 saturated carbocycles. The van der Waals surface area contributed by atoms with Crippen LogP contribution >= 0.6 is 0 Å². The summed E-state index contributed by atoms with van der Waals surface area (Å²) in [6, 6.07) is 3.94. The Labute approximate surface area is 108 Å². The number of hydrogen-bond donors (Lipinski definition) is 1. The van der Waals surface area contributed by atoms with Gasteiger partial charge in [-0.05, 0) is 38.3 Å². The number of amides is 1. The minimum atomic E-state index is 0.100. The van der Waals surface area contributed by atoms with Gasteiger partial charge in [-0.15, -0.1) is 0 Å². The van der Waals surface area contributed by atoms with E-state index in [0.717, 1.165) is 37.9 Å². The molecule has 0 unspecified atom stereocenters. The number of nitrogens with zero attached hydrogens (tertiary/aromatic N) is 2. The predicted molar refractivity (Wildman–Crippen MR) is 72.4 cm³/mol. The molecule has 0 radical (unpaired) electrons. The molecule has 1 fully saturated rings. The molecule has 0 atom stereocenters. The maximum absolute atomic E-state index is 12.5. The number of rotatable bonds is 5. The van der Waals surface area contributed by atoms with Gasteiger partial charge in [0.1, 0.15) is 5.82 Å². The molecule has 1 aliphatic rings. The summed E-state index contributed by atoms with van der Waals surface area (Å²) in [6.45, 7) is 4.85. The van der Waals surface area contributed by atoms with E-state index in [9.17, 15) is 4.79 Å². The van der Waals surface area contributed by atoms with Crippen LogP contribution in [-0.2, 0) is 0 Å². The zero-order valence-corrected chi connectivity index (χ0v) is 11.1. The van der Waals surface area contributed by atoms with E-state index in [0.29, 0.717) is 17.4 Å². The van der Waals surface area contributed by atoms with E-state index in [1.807, 2.05) is 17.9 Å². The van der Waals surface area contributed by atoms with Gasteiger partial charge in [0.25, 0.3) is 5.91 Å². The number of unbranched alkanes of at least 4 members (excludes halogenated alkanes) is 1. The molecule has 1 heterocycles. The van der Waals surface area contributed by atoms with Gasteiger partial charge < -0.3 is 10.6 Å². The summed E-state index contributed by atoms with van der Waals surface area (Å²) >= 11 is 0. The van der Waals surface area contributed by atoms with Crippen molar-refractivity contribution >= 4 is 11.7 Å². The van der Waals surface area contributed by atoms with Crippen molar-refractivity contribution in [3.63, 3.8) is 0 Å². The number of aryl methyl sites for hydroxylation is 1. The van der Waals surface area contributed by atoms with Crippen LogP contribution in [0.2, 0.25) is 0 Å². The van der Waals surface area contributed by atoms with Crippen LogP contribution in [0.1, 0.15) is 48.7 Å². The minimum absolute atomic E-state index is 0.100. The van der Waals surface area contributed by atoms with Crippen LogP contribution in [0, 0.1) is 6.92 Å². The van der Waals surface area contributed by atoms with Crippen LogP contribution in [0.25, 0.3) is 0 Å². The highest BCUT2D eigenvalue weighted by Gasteiger charge is 2.32. The first-order valence-corrected chi connectivity index (χ1v) is 6.67. The lowest BCUT2D eigenvalue weighted by molar-refractivity contribution is 0.0740. The van der Waals surface area contributed by atoms with Crippen LogP contribution in [0.3, 0.4) is 0 Å². The first-order chi connectivity index (χ1) is 8.61. The van der Waals surface area contributed by atoms with Crippen LogP contribution in [0.5, 0.6) is 0 Å². The Morgan fingerprint density at radius 1 is 1.50 bits per heavy atom. The summed E-state index contributed by atoms with van der Waals surface area (Å²) in [5.74, 6) is 0.521. The molecule has 1 amide bonds. The standard InChI is InChI=1S/C14H21N3O/c1-3-4-7-17(12-5-6-12)14(18)11-8-10(2)16-13(15)9-11/h8-9,12H,3-7H2,1-2H3,(H2,15,16). The van der Waals surface area contributed by atoms with Gasteiger partial charge in [0, 0.05) is 23.8 Å². The lowest BCUT2D eigenvalue weighted by atomic mass is 10.2. The number of pyridine rings is 1. The van der Waals surface area contributed by atoms with Crippen molar-refractivity contribution in [3.05, 3.63) is 23.4 Å². The topological polar surface area (TPSA) is 59.2 Å². The lowest BCUT2D eigenvalue weighted by Gasteiger charge is -2.22. The Morgan fingerprint density at radius 3 is 2.78 bits per heavy atom. The Bertz CT molecular complexity index is 420. The van der Waals surface area contributed by atoms with Gasteiger partial charge in [-0.1, -0.05) is 13.3 Å². The SMILES string of the molecule is CCCCN(C(=O)c1cc(C)nc(N)c1)C1CC1. The second-order valence-electron chi connectivity index (χ2n) is 5.01. The summed E-state index contributed by atoms with van der Waals surface area (Å²) in [5.41, 5.74) is 7.17. The largest absolute Gasteiger partial charge is 0.384 e. The zero-order chi connectivity index (χ0) is 13.1. The Hall–Kier alpha value is -1.58. The number of hydrogen-bond acceptors (Lipinski definition) is 3. The molecule has 0 bridgehead atoms. The van der Waals surface area contributed by atoms with Gasteiger partial charge >= 0.3 is 0 Å². The molecule has 1 aliphatic carbocycles. The summed E-state index contributed by atoms with van der Waals surface area (Å²) in [5, 5.41) is 0. The number of nitrogens with two attached hydrogens (primary N) is 1. The Kier molecular flexibility index (Phi) is 3.84. The summed E-state index contributed by atoms with van der Waals surface area (Å²) < 4.78 is 0. The van der Waals surface area contributed by atoms with Crippen molar-refractivity contribution in [1.82, 2.24) is 9.88 Å². The molecule has 0 saturated heterocycles. The third-order valence-corrected chi connectivity index (χ3v) is 3.22. The molecule has 18 heavy (non-hydrogen) atoms. The molecule has 98 valence electrons. The van der Waals surface area contributed by atoms with Crippen molar-refractivity contribution in [1.29, 1.82) is 0 Å². The monoisotopic (exact) mass is 247 g/mol. The van der Waals surface area contributed by atoms with E-state index < -0.39 is 0 Å². The predicted octanol–water partition coefficient (Wildman–Crippen LogP) is 2.38. The average molecular weight is 247 g/mol. The van der Waals surface area contributed by atoms with Gasteiger partial charge in [-0.2, -0.15) is 0 Å². The van der Waals surface area contributed by atoms with Gasteiger partial charge in [0.2, 0.25) is 0 Å². The molecule has 0 aliphatic heterocycles. The van der Waals surface area contributed by atoms with Gasteiger partial charge in [0.15, 0.2) is 0 Å². The molecule has 2 rings (SSSR count). The maximum atomic E-state index is 12.5. The van der Waals surface area contributed by atoms with E-state index in [2.05, 4.69) is 11.9 Å². The van der Waals surface area contributed by atoms with Crippen molar-refractivity contribution in [3.8, 4) is 0 Å². The van der Waals surface area contributed by atoms with Crippen LogP contribution in [0.15, 0.2) is 12.1 Å². The fourth-order valence-corrected chi connectivity index (χ4v) is 2.15. The highest BCUT2D eigenvalue weighted by molar-refractivity contribution is 5.95. The quantitative estimate of drug-likeness (QED) is 0.869. The Morgan fingerprint density at radius 2 is 2.22 bits per heavy atom. The second kappa shape index (κ2) is 5.38. The van der Waals surface area contributed by atoms with Crippen molar-refractivity contribution < 1.29 is 4.79 Å².